The molecule has 8 heteroatoms. The maximum atomic E-state index is 13.9. The van der Waals surface area contributed by atoms with Crippen LogP contribution in [0.1, 0.15) is 50.8 Å². The van der Waals surface area contributed by atoms with E-state index in [-0.39, 0.29) is 17.9 Å². The molecule has 0 radical (unpaired) electrons. The molecule has 1 amide bonds. The molecule has 0 bridgehead atoms. The average molecular weight is 515 g/mol. The van der Waals surface area contributed by atoms with Crippen LogP contribution in [0.4, 0.5) is 0 Å². The van der Waals surface area contributed by atoms with Gasteiger partial charge in [0.15, 0.2) is 0 Å². The Morgan fingerprint density at radius 3 is 2.50 bits per heavy atom. The Hall–Kier alpha value is -2.61. The van der Waals surface area contributed by atoms with Crippen LogP contribution in [-0.2, 0) is 20.9 Å². The van der Waals surface area contributed by atoms with Crippen LogP contribution >= 0.6 is 11.6 Å². The Morgan fingerprint density at radius 1 is 1.19 bits per heavy atom. The van der Waals surface area contributed by atoms with Crippen molar-refractivity contribution in [3.8, 4) is 5.75 Å². The lowest BCUT2D eigenvalue weighted by Gasteiger charge is -2.35. The molecular formula is C28H35ClN2O5. The van der Waals surface area contributed by atoms with Crippen molar-refractivity contribution in [2.75, 3.05) is 13.7 Å². The lowest BCUT2D eigenvalue weighted by Crippen LogP contribution is -2.50. The van der Waals surface area contributed by atoms with E-state index < -0.39 is 29.6 Å². The van der Waals surface area contributed by atoms with Crippen molar-refractivity contribution in [2.24, 2.45) is 11.3 Å². The Labute approximate surface area is 217 Å². The van der Waals surface area contributed by atoms with Gasteiger partial charge in [0.25, 0.3) is 5.91 Å². The molecule has 2 fully saturated rings. The van der Waals surface area contributed by atoms with E-state index in [1.165, 1.54) is 0 Å². The van der Waals surface area contributed by atoms with Crippen LogP contribution in [0.2, 0.25) is 5.02 Å². The van der Waals surface area contributed by atoms with Crippen molar-refractivity contribution in [3.05, 3.63) is 64.7 Å². The van der Waals surface area contributed by atoms with Crippen LogP contribution in [0.25, 0.3) is 0 Å². The molecule has 2 aromatic carbocycles. The molecule has 5 atom stereocenters. The molecule has 0 spiro atoms. The zero-order valence-electron chi connectivity index (χ0n) is 21.2. The number of carboxylic acid groups (broad SMARTS) is 1. The molecule has 2 saturated heterocycles. The maximum absolute atomic E-state index is 13.9. The zero-order chi connectivity index (χ0) is 26.0. The number of aliphatic carboxylic acids is 1. The molecule has 0 aliphatic carbocycles. The molecule has 2 heterocycles. The number of ether oxygens (including phenoxy) is 2. The summed E-state index contributed by atoms with van der Waals surface area (Å²) in [6.45, 7) is 7.01. The summed E-state index contributed by atoms with van der Waals surface area (Å²) in [6.07, 6.45) is 0.767. The number of carbonyl (C=O) groups is 2. The SMILES string of the molecule is COc1ccc(Cl)cc1CNC1C(c2ccccc2)N(C(=O)C2CCCO2)C(C(=O)O)C1C(C)(C)C. The number of methoxy groups -OCH3 is 1. The van der Waals surface area contributed by atoms with Gasteiger partial charge in [0.2, 0.25) is 0 Å². The van der Waals surface area contributed by atoms with Gasteiger partial charge in [-0.1, -0.05) is 62.7 Å². The summed E-state index contributed by atoms with van der Waals surface area (Å²) in [4.78, 5) is 28.3. The van der Waals surface area contributed by atoms with E-state index in [1.807, 2.05) is 63.2 Å². The molecule has 7 nitrogen and oxygen atoms in total. The van der Waals surface area contributed by atoms with Gasteiger partial charge in [-0.2, -0.15) is 0 Å². The van der Waals surface area contributed by atoms with Crippen LogP contribution in [0.15, 0.2) is 48.5 Å². The van der Waals surface area contributed by atoms with E-state index in [2.05, 4.69) is 5.32 Å². The zero-order valence-corrected chi connectivity index (χ0v) is 22.0. The largest absolute Gasteiger partial charge is 0.496 e. The molecule has 2 aromatic rings. The first-order chi connectivity index (χ1) is 17.1. The van der Waals surface area contributed by atoms with Crippen molar-refractivity contribution in [1.29, 1.82) is 0 Å². The van der Waals surface area contributed by atoms with E-state index >= 15 is 0 Å². The summed E-state index contributed by atoms with van der Waals surface area (Å²) in [7, 11) is 1.61. The minimum atomic E-state index is -1.01. The van der Waals surface area contributed by atoms with Gasteiger partial charge in [-0.25, -0.2) is 4.79 Å². The fourth-order valence-corrected chi connectivity index (χ4v) is 5.97. The quantitative estimate of drug-likeness (QED) is 0.557. The summed E-state index contributed by atoms with van der Waals surface area (Å²) < 4.78 is 11.3. The van der Waals surface area contributed by atoms with E-state index in [1.54, 1.807) is 18.1 Å². The van der Waals surface area contributed by atoms with Crippen LogP contribution in [0, 0.1) is 11.3 Å². The standard InChI is InChI=1S/C28H35ClN2O5/c1-28(2,3)22-23(30-16-18-15-19(29)12-13-20(18)35-4)24(17-9-6-5-7-10-17)31(25(22)27(33)34)26(32)21-11-8-14-36-21/h5-7,9-10,12-13,15,21-25,30H,8,11,14,16H2,1-4H3,(H,33,34). The molecule has 2 aliphatic heterocycles. The second-order valence-electron chi connectivity index (χ2n) is 10.6. The highest BCUT2D eigenvalue weighted by Crippen LogP contribution is 2.48. The number of nitrogens with one attached hydrogen (secondary N) is 1. The number of rotatable bonds is 7. The molecule has 4 rings (SSSR count). The molecule has 5 unspecified atom stereocenters. The van der Waals surface area contributed by atoms with Gasteiger partial charge in [0.05, 0.1) is 13.2 Å². The van der Waals surface area contributed by atoms with Crippen LogP contribution < -0.4 is 10.1 Å². The van der Waals surface area contributed by atoms with Gasteiger partial charge in [-0.15, -0.1) is 0 Å². The summed E-state index contributed by atoms with van der Waals surface area (Å²) in [5, 5.41) is 14.7. The first kappa shape index (κ1) is 26.5. The van der Waals surface area contributed by atoms with Gasteiger partial charge in [-0.05, 0) is 42.0 Å². The number of carbonyl (C=O) groups excluding carboxylic acids is 1. The van der Waals surface area contributed by atoms with E-state index in [0.717, 1.165) is 17.5 Å². The molecule has 0 saturated carbocycles. The molecule has 0 aromatic heterocycles. The number of nitrogens with zero attached hydrogens (tertiary/aromatic N) is 1. The Bertz CT molecular complexity index is 1080. The van der Waals surface area contributed by atoms with Gasteiger partial charge in [0, 0.05) is 35.7 Å². The molecule has 2 aliphatic rings. The number of benzene rings is 2. The van der Waals surface area contributed by atoms with Crippen molar-refractivity contribution >= 4 is 23.5 Å². The highest BCUT2D eigenvalue weighted by Gasteiger charge is 2.58. The van der Waals surface area contributed by atoms with Crippen molar-refractivity contribution in [2.45, 2.75) is 64.4 Å². The Balaban J connectivity index is 1.81. The summed E-state index contributed by atoms with van der Waals surface area (Å²) in [5.41, 5.74) is 1.33. The maximum Gasteiger partial charge on any atom is 0.326 e. The summed E-state index contributed by atoms with van der Waals surface area (Å²) >= 11 is 6.27. The predicted octanol–water partition coefficient (Wildman–Crippen LogP) is 4.68. The fourth-order valence-electron chi connectivity index (χ4n) is 5.78. The van der Waals surface area contributed by atoms with Crippen molar-refractivity contribution < 1.29 is 24.2 Å². The number of likely N-dealkylation sites (tertiary alicyclic amines) is 1. The van der Waals surface area contributed by atoms with E-state index in [0.29, 0.717) is 30.3 Å². The number of amides is 1. The molecule has 36 heavy (non-hydrogen) atoms. The van der Waals surface area contributed by atoms with Gasteiger partial charge >= 0.3 is 5.97 Å². The lowest BCUT2D eigenvalue weighted by molar-refractivity contribution is -0.156. The third kappa shape index (κ3) is 5.24. The van der Waals surface area contributed by atoms with Crippen molar-refractivity contribution in [1.82, 2.24) is 10.2 Å². The number of hydrogen-bond donors (Lipinski definition) is 2. The number of halogens is 1. The predicted molar refractivity (Wildman–Crippen MR) is 138 cm³/mol. The van der Waals surface area contributed by atoms with Crippen molar-refractivity contribution in [3.63, 3.8) is 0 Å². The number of hydrogen-bond acceptors (Lipinski definition) is 5. The first-order valence-corrected chi connectivity index (χ1v) is 12.8. The van der Waals surface area contributed by atoms with Crippen LogP contribution in [0.5, 0.6) is 5.75 Å². The minimum Gasteiger partial charge on any atom is -0.496 e. The highest BCUT2D eigenvalue weighted by molar-refractivity contribution is 6.30. The van der Waals surface area contributed by atoms with Gasteiger partial charge in [-0.3, -0.25) is 4.79 Å². The van der Waals surface area contributed by atoms with Gasteiger partial charge in [0.1, 0.15) is 17.9 Å². The lowest BCUT2D eigenvalue weighted by atomic mass is 9.72. The van der Waals surface area contributed by atoms with Crippen LogP contribution in [0.3, 0.4) is 0 Å². The summed E-state index contributed by atoms with van der Waals surface area (Å²) in [6, 6.07) is 13.3. The van der Waals surface area contributed by atoms with Gasteiger partial charge < -0.3 is 24.8 Å². The average Bonchev–Trinajstić information content (AvgIpc) is 3.49. The van der Waals surface area contributed by atoms with E-state index in [4.69, 9.17) is 21.1 Å². The summed E-state index contributed by atoms with van der Waals surface area (Å²) in [5.74, 6) is -0.953. The molecular weight excluding hydrogens is 480 g/mol. The normalized spacial score (nSPS) is 26.2. The first-order valence-electron chi connectivity index (χ1n) is 12.4. The number of carboxylic acids is 1. The Morgan fingerprint density at radius 2 is 1.92 bits per heavy atom. The highest BCUT2D eigenvalue weighted by atomic mass is 35.5. The van der Waals surface area contributed by atoms with Crippen LogP contribution in [-0.4, -0.2) is 53.8 Å². The molecule has 2 N–H and O–H groups in total. The Kier molecular flexibility index (Phi) is 7.93. The minimum absolute atomic E-state index is 0.257. The van der Waals surface area contributed by atoms with E-state index in [9.17, 15) is 14.7 Å². The second kappa shape index (κ2) is 10.8. The topological polar surface area (TPSA) is 88.1 Å². The monoisotopic (exact) mass is 514 g/mol. The second-order valence-corrected chi connectivity index (χ2v) is 11.1. The third-order valence-electron chi connectivity index (χ3n) is 7.29. The third-order valence-corrected chi connectivity index (χ3v) is 7.53. The fraction of sp³-hybridized carbons (Fsp3) is 0.500. The smallest absolute Gasteiger partial charge is 0.326 e. The molecule has 194 valence electrons.